The molecule has 0 bridgehead atoms. The fraction of sp³-hybridized carbons (Fsp3) is 0.938. The summed E-state index contributed by atoms with van der Waals surface area (Å²) < 4.78 is 38.5. The number of hydrogen-bond donors (Lipinski definition) is 1. The van der Waals surface area contributed by atoms with Gasteiger partial charge in [0.15, 0.2) is 5.60 Å². The first-order valence-electron chi connectivity index (χ1n) is 8.63. The molecule has 4 nitrogen and oxygen atoms in total. The molecule has 1 amide bonds. The minimum Gasteiger partial charge on any atom is -0.380 e. The molecular weight excluding hydrogens is 309 g/mol. The molecule has 0 aromatic rings. The second-order valence-electron chi connectivity index (χ2n) is 7.28. The average molecular weight is 334 g/mol. The van der Waals surface area contributed by atoms with Gasteiger partial charge in [-0.25, -0.2) is 0 Å². The maximum atomic E-state index is 12.8. The summed E-state index contributed by atoms with van der Waals surface area (Å²) in [5.74, 6) is 0.0526. The van der Waals surface area contributed by atoms with Gasteiger partial charge < -0.3 is 10.0 Å². The summed E-state index contributed by atoms with van der Waals surface area (Å²) in [5.41, 5.74) is -2.59. The minimum atomic E-state index is -4.59. The molecule has 7 heteroatoms. The number of likely N-dealkylation sites (tertiary alicyclic amines) is 1. The number of rotatable bonds is 4. The SMILES string of the molecule is O=C(CN1CCC(O)(C(F)(F)F)CC1)N(C1CCCC1)C1CC1. The van der Waals surface area contributed by atoms with Gasteiger partial charge in [0, 0.05) is 25.2 Å². The largest absolute Gasteiger partial charge is 0.417 e. The highest BCUT2D eigenvalue weighted by molar-refractivity contribution is 5.79. The number of alkyl halides is 3. The molecule has 132 valence electrons. The predicted octanol–water partition coefficient (Wildman–Crippen LogP) is 2.31. The van der Waals surface area contributed by atoms with Crippen molar-refractivity contribution in [3.05, 3.63) is 0 Å². The molecule has 3 aliphatic rings. The van der Waals surface area contributed by atoms with Crippen LogP contribution in [0.1, 0.15) is 51.4 Å². The second kappa shape index (κ2) is 6.24. The number of carbonyl (C=O) groups excluding carboxylic acids is 1. The highest BCUT2D eigenvalue weighted by atomic mass is 19.4. The summed E-state index contributed by atoms with van der Waals surface area (Å²) in [6, 6.07) is 0.675. The topological polar surface area (TPSA) is 43.8 Å². The van der Waals surface area contributed by atoms with Gasteiger partial charge in [0.05, 0.1) is 6.54 Å². The lowest BCUT2D eigenvalue weighted by Crippen LogP contribution is -2.55. The summed E-state index contributed by atoms with van der Waals surface area (Å²) in [7, 11) is 0. The Hall–Kier alpha value is -0.820. The highest BCUT2D eigenvalue weighted by Crippen LogP contribution is 2.39. The zero-order chi connectivity index (χ0) is 16.7. The molecule has 23 heavy (non-hydrogen) atoms. The first kappa shape index (κ1) is 17.0. The lowest BCUT2D eigenvalue weighted by atomic mass is 9.91. The van der Waals surface area contributed by atoms with Crippen molar-refractivity contribution in [1.82, 2.24) is 9.80 Å². The maximum absolute atomic E-state index is 12.8. The summed E-state index contributed by atoms with van der Waals surface area (Å²) in [6.45, 7) is 0.413. The van der Waals surface area contributed by atoms with Crippen molar-refractivity contribution in [2.45, 2.75) is 75.2 Å². The minimum absolute atomic E-state index is 0.0526. The Morgan fingerprint density at radius 3 is 2.09 bits per heavy atom. The van der Waals surface area contributed by atoms with Crippen LogP contribution in [0.25, 0.3) is 0 Å². The summed E-state index contributed by atoms with van der Waals surface area (Å²) in [5, 5.41) is 9.69. The van der Waals surface area contributed by atoms with Crippen LogP contribution in [-0.2, 0) is 4.79 Å². The second-order valence-corrected chi connectivity index (χ2v) is 7.28. The zero-order valence-electron chi connectivity index (χ0n) is 13.3. The quantitative estimate of drug-likeness (QED) is 0.858. The van der Waals surface area contributed by atoms with E-state index in [1.807, 2.05) is 4.90 Å². The van der Waals surface area contributed by atoms with Crippen molar-refractivity contribution in [3.63, 3.8) is 0 Å². The fourth-order valence-corrected chi connectivity index (χ4v) is 3.88. The van der Waals surface area contributed by atoms with E-state index < -0.39 is 11.8 Å². The fourth-order valence-electron chi connectivity index (χ4n) is 3.88. The number of piperidine rings is 1. The number of amides is 1. The smallest absolute Gasteiger partial charge is 0.380 e. The molecule has 0 atom stereocenters. The molecule has 0 aromatic carbocycles. The maximum Gasteiger partial charge on any atom is 0.417 e. The first-order valence-corrected chi connectivity index (χ1v) is 8.63. The van der Waals surface area contributed by atoms with E-state index in [4.69, 9.17) is 0 Å². The molecule has 1 heterocycles. The van der Waals surface area contributed by atoms with E-state index in [2.05, 4.69) is 0 Å². The van der Waals surface area contributed by atoms with Crippen molar-refractivity contribution in [2.75, 3.05) is 19.6 Å². The van der Waals surface area contributed by atoms with Crippen LogP contribution in [0.4, 0.5) is 13.2 Å². The molecule has 0 radical (unpaired) electrons. The van der Waals surface area contributed by atoms with Gasteiger partial charge in [0.25, 0.3) is 0 Å². The van der Waals surface area contributed by atoms with E-state index in [0.29, 0.717) is 12.1 Å². The van der Waals surface area contributed by atoms with Crippen molar-refractivity contribution < 1.29 is 23.1 Å². The Labute approximate surface area is 134 Å². The Bertz CT molecular complexity index is 437. The van der Waals surface area contributed by atoms with Crippen molar-refractivity contribution in [2.24, 2.45) is 0 Å². The van der Waals surface area contributed by atoms with Gasteiger partial charge in [-0.3, -0.25) is 9.69 Å². The van der Waals surface area contributed by atoms with Gasteiger partial charge in [-0.2, -0.15) is 13.2 Å². The molecule has 1 aliphatic heterocycles. The summed E-state index contributed by atoms with van der Waals surface area (Å²) in [6.07, 6.45) is 1.23. The van der Waals surface area contributed by atoms with Crippen LogP contribution in [0.15, 0.2) is 0 Å². The summed E-state index contributed by atoms with van der Waals surface area (Å²) in [4.78, 5) is 16.4. The zero-order valence-corrected chi connectivity index (χ0v) is 13.3. The molecule has 0 aromatic heterocycles. The average Bonchev–Trinajstić information content (AvgIpc) is 3.15. The Morgan fingerprint density at radius 1 is 1.09 bits per heavy atom. The van der Waals surface area contributed by atoms with Gasteiger partial charge in [-0.15, -0.1) is 0 Å². The lowest BCUT2D eigenvalue weighted by molar-refractivity contribution is -0.272. The monoisotopic (exact) mass is 334 g/mol. The molecule has 1 N–H and O–H groups in total. The normalized spacial score (nSPS) is 26.4. The van der Waals surface area contributed by atoms with Crippen LogP contribution >= 0.6 is 0 Å². The third kappa shape index (κ3) is 3.65. The van der Waals surface area contributed by atoms with Crippen LogP contribution in [0.2, 0.25) is 0 Å². The van der Waals surface area contributed by atoms with Crippen LogP contribution in [0.5, 0.6) is 0 Å². The van der Waals surface area contributed by atoms with Crippen molar-refractivity contribution in [3.8, 4) is 0 Å². The Kier molecular flexibility index (Phi) is 4.62. The highest BCUT2D eigenvalue weighted by Gasteiger charge is 2.54. The number of nitrogens with zero attached hydrogens (tertiary/aromatic N) is 2. The van der Waals surface area contributed by atoms with Gasteiger partial charge in [-0.05, 0) is 38.5 Å². The molecule has 0 spiro atoms. The number of hydrogen-bond acceptors (Lipinski definition) is 3. The number of aliphatic hydroxyl groups is 1. The standard InChI is InChI=1S/C16H25F3N2O2/c17-16(18,19)15(23)7-9-20(10-8-15)11-14(22)21(13-5-6-13)12-3-1-2-4-12/h12-13,23H,1-11H2. The van der Waals surface area contributed by atoms with Gasteiger partial charge in [0.1, 0.15) is 0 Å². The molecule has 3 fully saturated rings. The van der Waals surface area contributed by atoms with E-state index in [9.17, 15) is 23.1 Å². The van der Waals surface area contributed by atoms with E-state index in [1.165, 1.54) is 0 Å². The van der Waals surface area contributed by atoms with Gasteiger partial charge >= 0.3 is 6.18 Å². The van der Waals surface area contributed by atoms with Crippen molar-refractivity contribution >= 4 is 5.91 Å². The third-order valence-electron chi connectivity index (χ3n) is 5.52. The van der Waals surface area contributed by atoms with Gasteiger partial charge in [0.2, 0.25) is 5.91 Å². The molecule has 2 saturated carbocycles. The molecule has 0 unspecified atom stereocenters. The van der Waals surface area contributed by atoms with Crippen LogP contribution in [-0.4, -0.2) is 64.3 Å². The molecule has 2 aliphatic carbocycles. The molecule has 1 saturated heterocycles. The molecule has 3 rings (SSSR count). The summed E-state index contributed by atoms with van der Waals surface area (Å²) >= 11 is 0. The third-order valence-corrected chi connectivity index (χ3v) is 5.52. The van der Waals surface area contributed by atoms with Crippen LogP contribution in [0.3, 0.4) is 0 Å². The first-order chi connectivity index (χ1) is 10.8. The predicted molar refractivity (Wildman–Crippen MR) is 78.8 cm³/mol. The lowest BCUT2D eigenvalue weighted by Gasteiger charge is -2.40. The van der Waals surface area contributed by atoms with Crippen LogP contribution in [0, 0.1) is 0 Å². The van der Waals surface area contributed by atoms with Crippen LogP contribution < -0.4 is 0 Å². The Morgan fingerprint density at radius 2 is 1.61 bits per heavy atom. The molecular formula is C16H25F3N2O2. The number of halogens is 3. The van der Waals surface area contributed by atoms with E-state index in [0.717, 1.165) is 38.5 Å². The Balaban J connectivity index is 1.54. The number of carbonyl (C=O) groups is 1. The van der Waals surface area contributed by atoms with Gasteiger partial charge in [-0.1, -0.05) is 12.8 Å². The van der Waals surface area contributed by atoms with E-state index >= 15 is 0 Å². The van der Waals surface area contributed by atoms with E-state index in [1.54, 1.807) is 4.90 Å². The van der Waals surface area contributed by atoms with Crippen molar-refractivity contribution in [1.29, 1.82) is 0 Å². The van der Waals surface area contributed by atoms with E-state index in [-0.39, 0.29) is 38.4 Å².